The van der Waals surface area contributed by atoms with Gasteiger partial charge in [-0.05, 0) is 23.9 Å². The molecule has 0 bridgehead atoms. The average Bonchev–Trinajstić information content (AvgIpc) is 3.13. The van der Waals surface area contributed by atoms with Crippen LogP contribution in [0.1, 0.15) is 0 Å². The van der Waals surface area contributed by atoms with Crippen molar-refractivity contribution >= 4 is 19.4 Å². The summed E-state index contributed by atoms with van der Waals surface area (Å²) < 4.78 is 30.3. The van der Waals surface area contributed by atoms with Crippen LogP contribution in [-0.4, -0.2) is 36.9 Å². The van der Waals surface area contributed by atoms with Crippen LogP contribution in [0.4, 0.5) is 0 Å². The summed E-state index contributed by atoms with van der Waals surface area (Å²) in [6.45, 7) is 0. The van der Waals surface area contributed by atoms with Gasteiger partial charge in [-0.3, -0.25) is 5.84 Å². The van der Waals surface area contributed by atoms with E-state index in [9.17, 15) is 9.46 Å². The molecule has 1 aromatic heterocycles. The molecule has 2 atom stereocenters. The lowest BCUT2D eigenvalue weighted by molar-refractivity contribution is -0.668. The fourth-order valence-corrected chi connectivity index (χ4v) is 5.43. The molecule has 3 rings (SSSR count). The molecule has 2 N–H and O–H groups in total. The average molecular weight is 372 g/mol. The van der Waals surface area contributed by atoms with Crippen molar-refractivity contribution in [3.8, 4) is 17.1 Å². The molecular weight excluding hydrogens is 355 g/mol. The molecule has 2 aromatic rings. The minimum absolute atomic E-state index is 0.0872. The predicted molar refractivity (Wildman–Crippen MR) is 84.9 cm³/mol. The third kappa shape index (κ3) is 2.26. The molecular formula is C13H17N4O5PS. The van der Waals surface area contributed by atoms with Crippen molar-refractivity contribution in [3.63, 3.8) is 0 Å². The van der Waals surface area contributed by atoms with Gasteiger partial charge in [-0.2, -0.15) is 0 Å². The normalized spacial score (nSPS) is 22.2. The molecule has 9 nitrogen and oxygen atoms in total. The van der Waals surface area contributed by atoms with Crippen LogP contribution >= 0.6 is 19.4 Å². The van der Waals surface area contributed by atoms with Crippen molar-refractivity contribution in [3.05, 3.63) is 24.3 Å². The summed E-state index contributed by atoms with van der Waals surface area (Å²) in [6, 6.07) is 7.18. The predicted octanol–water partition coefficient (Wildman–Crippen LogP) is 0.122. The molecule has 1 aliphatic heterocycles. The second-order valence-corrected chi connectivity index (χ2v) is 8.01. The first-order valence-corrected chi connectivity index (χ1v) is 9.43. The summed E-state index contributed by atoms with van der Waals surface area (Å²) in [4.78, 5) is 12.4. The Morgan fingerprint density at radius 3 is 2.75 bits per heavy atom. The largest absolute Gasteiger partial charge is 0.774 e. The SMILES string of the molecule is COc1ccccc1-c1nn2c([n+]1N)SCC2(OC)P(=O)([O-])OC. The lowest BCUT2D eigenvalue weighted by atomic mass is 10.2. The molecule has 0 aliphatic carbocycles. The van der Waals surface area contributed by atoms with Crippen molar-refractivity contribution in [2.75, 3.05) is 32.9 Å². The van der Waals surface area contributed by atoms with E-state index in [2.05, 4.69) is 5.10 Å². The molecule has 130 valence electrons. The first kappa shape index (κ1) is 17.2. The zero-order valence-electron chi connectivity index (χ0n) is 13.3. The number of nitrogen functional groups attached to an aromatic ring is 1. The zero-order valence-corrected chi connectivity index (χ0v) is 15.0. The van der Waals surface area contributed by atoms with Crippen LogP contribution in [-0.2, 0) is 19.3 Å². The molecule has 1 aromatic carbocycles. The summed E-state index contributed by atoms with van der Waals surface area (Å²) in [5.41, 5.74) is -1.11. The smallest absolute Gasteiger partial charge is 0.335 e. The minimum atomic E-state index is -4.39. The van der Waals surface area contributed by atoms with E-state index in [0.717, 1.165) is 7.11 Å². The highest BCUT2D eigenvalue weighted by Crippen LogP contribution is 2.60. The van der Waals surface area contributed by atoms with Gasteiger partial charge in [0.25, 0.3) is 5.47 Å². The van der Waals surface area contributed by atoms with Crippen LogP contribution < -0.4 is 20.1 Å². The van der Waals surface area contributed by atoms with Crippen LogP contribution in [0.2, 0.25) is 0 Å². The fraction of sp³-hybridized carbons (Fsp3) is 0.385. The maximum Gasteiger partial charge on any atom is 0.335 e. The number of thioether (sulfide) groups is 1. The van der Waals surface area contributed by atoms with Gasteiger partial charge in [-0.25, -0.2) is 0 Å². The summed E-state index contributed by atoms with van der Waals surface area (Å²) in [5, 5.41) is 4.82. The number of nitrogens with zero attached hydrogens (tertiary/aromatic N) is 3. The van der Waals surface area contributed by atoms with E-state index in [-0.39, 0.29) is 5.75 Å². The van der Waals surface area contributed by atoms with E-state index < -0.39 is 13.1 Å². The number of hydrogen-bond acceptors (Lipinski definition) is 8. The van der Waals surface area contributed by atoms with Crippen LogP contribution in [0.5, 0.6) is 5.75 Å². The quantitative estimate of drug-likeness (QED) is 0.447. The first-order valence-electron chi connectivity index (χ1n) is 6.90. The number of nitrogens with two attached hydrogens (primary N) is 1. The van der Waals surface area contributed by atoms with Crippen LogP contribution in [0.15, 0.2) is 29.4 Å². The number of hydrogen-bond donors (Lipinski definition) is 1. The van der Waals surface area contributed by atoms with Gasteiger partial charge < -0.3 is 23.5 Å². The number of benzene rings is 1. The second-order valence-electron chi connectivity index (χ2n) is 5.00. The monoisotopic (exact) mass is 372 g/mol. The fourth-order valence-electron chi connectivity index (χ4n) is 2.56. The van der Waals surface area contributed by atoms with E-state index in [0.29, 0.717) is 22.3 Å². The summed E-state index contributed by atoms with van der Waals surface area (Å²) in [5.74, 6) is 7.15. The molecule has 0 amide bonds. The number of para-hydroxylation sites is 1. The highest BCUT2D eigenvalue weighted by molar-refractivity contribution is 7.99. The second kappa shape index (κ2) is 6.05. The van der Waals surface area contributed by atoms with Gasteiger partial charge in [0.2, 0.25) is 7.60 Å². The van der Waals surface area contributed by atoms with Gasteiger partial charge in [-0.15, -0.1) is 4.68 Å². The molecule has 11 heteroatoms. The lowest BCUT2D eigenvalue weighted by Gasteiger charge is -2.34. The Hall–Kier alpha value is -1.58. The summed E-state index contributed by atoms with van der Waals surface area (Å²) in [6.07, 6.45) is 0. The highest BCUT2D eigenvalue weighted by atomic mass is 32.2. The lowest BCUT2D eigenvalue weighted by Crippen LogP contribution is -2.47. The molecule has 0 saturated carbocycles. The van der Waals surface area contributed by atoms with Crippen molar-refractivity contribution in [2.45, 2.75) is 10.6 Å². The van der Waals surface area contributed by atoms with Crippen molar-refractivity contribution in [1.82, 2.24) is 9.78 Å². The number of ether oxygens (including phenoxy) is 2. The molecule has 0 spiro atoms. The molecule has 24 heavy (non-hydrogen) atoms. The Morgan fingerprint density at radius 2 is 2.12 bits per heavy atom. The standard InChI is InChI=1S/C13H17N4O5PS/c1-20-10-7-5-4-6-9(10)11-15-17-12(16(11)14)24-8-13(17,21-2)23(18,19)22-3/h4-7H,8,14H2,1-3H3. The van der Waals surface area contributed by atoms with Crippen LogP contribution in [0.3, 0.4) is 0 Å². The van der Waals surface area contributed by atoms with E-state index in [1.807, 2.05) is 12.1 Å². The Kier molecular flexibility index (Phi) is 4.35. The van der Waals surface area contributed by atoms with Gasteiger partial charge in [0, 0.05) is 14.2 Å². The van der Waals surface area contributed by atoms with Crippen LogP contribution in [0, 0.1) is 0 Å². The van der Waals surface area contributed by atoms with Gasteiger partial charge in [0.1, 0.15) is 5.75 Å². The van der Waals surface area contributed by atoms with Crippen molar-refractivity contribution in [1.29, 1.82) is 0 Å². The Bertz CT molecular complexity index is 829. The van der Waals surface area contributed by atoms with Crippen molar-refractivity contribution < 1.29 is 28.1 Å². The topological polar surface area (TPSA) is 116 Å². The van der Waals surface area contributed by atoms with E-state index >= 15 is 0 Å². The summed E-state index contributed by atoms with van der Waals surface area (Å²) >= 11 is 1.22. The molecule has 0 saturated heterocycles. The molecule has 2 unspecified atom stereocenters. The van der Waals surface area contributed by atoms with E-state index in [1.54, 1.807) is 12.1 Å². The van der Waals surface area contributed by atoms with Gasteiger partial charge in [0.05, 0.1) is 23.5 Å². The maximum atomic E-state index is 12.4. The van der Waals surface area contributed by atoms with Gasteiger partial charge >= 0.3 is 11.0 Å². The maximum absolute atomic E-state index is 12.4. The first-order chi connectivity index (χ1) is 11.4. The van der Waals surface area contributed by atoms with Gasteiger partial charge in [0.15, 0.2) is 0 Å². The van der Waals surface area contributed by atoms with E-state index in [4.69, 9.17) is 19.8 Å². The molecule has 1 aliphatic rings. The highest BCUT2D eigenvalue weighted by Gasteiger charge is 2.58. The van der Waals surface area contributed by atoms with Crippen molar-refractivity contribution in [2.24, 2.45) is 0 Å². The molecule has 0 radical (unpaired) electrons. The molecule has 2 heterocycles. The molecule has 0 fully saturated rings. The van der Waals surface area contributed by atoms with E-state index in [1.165, 1.54) is 35.3 Å². The number of methoxy groups -OCH3 is 2. The summed E-state index contributed by atoms with van der Waals surface area (Å²) in [7, 11) is -0.466. The third-order valence-electron chi connectivity index (χ3n) is 3.87. The Labute approximate surface area is 142 Å². The van der Waals surface area contributed by atoms with Crippen LogP contribution in [0.25, 0.3) is 11.4 Å². The minimum Gasteiger partial charge on any atom is -0.774 e. The Balaban J connectivity index is 2.21. The third-order valence-corrected chi connectivity index (χ3v) is 7.12. The number of aromatic nitrogens is 3. The Morgan fingerprint density at radius 1 is 1.42 bits per heavy atom. The zero-order chi connectivity index (χ0) is 17.5. The number of fused-ring (bicyclic) bond motifs is 1. The number of rotatable bonds is 5. The van der Waals surface area contributed by atoms with Gasteiger partial charge in [-0.1, -0.05) is 16.8 Å².